The maximum atomic E-state index is 12.2. The zero-order valence-electron chi connectivity index (χ0n) is 14.8. The highest BCUT2D eigenvalue weighted by Gasteiger charge is 2.34. The molecule has 1 saturated heterocycles. The summed E-state index contributed by atoms with van der Waals surface area (Å²) in [7, 11) is 0. The van der Waals surface area contributed by atoms with Crippen molar-refractivity contribution in [2.24, 2.45) is 0 Å². The number of ether oxygens (including phenoxy) is 1. The first-order valence-electron chi connectivity index (χ1n) is 8.86. The molecule has 0 aliphatic carbocycles. The first-order valence-corrected chi connectivity index (χ1v) is 8.86. The lowest BCUT2D eigenvalue weighted by Gasteiger charge is -2.26. The van der Waals surface area contributed by atoms with E-state index >= 15 is 0 Å². The Morgan fingerprint density at radius 2 is 1.85 bits per heavy atom. The Bertz CT molecular complexity index is 743. The van der Waals surface area contributed by atoms with Crippen LogP contribution in [0.15, 0.2) is 79.4 Å². The van der Waals surface area contributed by atoms with Gasteiger partial charge in [-0.3, -0.25) is 0 Å². The number of rotatable bonds is 8. The molecule has 1 heterocycles. The van der Waals surface area contributed by atoms with Crippen LogP contribution in [0.1, 0.15) is 17.5 Å². The molecule has 134 valence electrons. The van der Waals surface area contributed by atoms with Gasteiger partial charge >= 0.3 is 6.09 Å². The van der Waals surface area contributed by atoms with E-state index in [1.54, 1.807) is 5.01 Å². The van der Waals surface area contributed by atoms with Crippen LogP contribution in [-0.2, 0) is 11.2 Å². The highest BCUT2D eigenvalue weighted by molar-refractivity contribution is 5.69. The zero-order chi connectivity index (χ0) is 18.2. The van der Waals surface area contributed by atoms with Crippen molar-refractivity contribution < 1.29 is 9.53 Å². The molecule has 4 nitrogen and oxygen atoms in total. The minimum atomic E-state index is -0.326. The van der Waals surface area contributed by atoms with Gasteiger partial charge in [-0.2, -0.15) is 0 Å². The van der Waals surface area contributed by atoms with Crippen LogP contribution in [-0.4, -0.2) is 29.8 Å². The predicted octanol–water partition coefficient (Wildman–Crippen LogP) is 4.21. The van der Waals surface area contributed by atoms with Gasteiger partial charge in [0, 0.05) is 6.04 Å². The second-order valence-electron chi connectivity index (χ2n) is 6.32. The normalized spacial score (nSPS) is 18.1. The summed E-state index contributed by atoms with van der Waals surface area (Å²) in [5, 5.41) is 1.62. The lowest BCUT2D eigenvalue weighted by molar-refractivity contribution is 0.135. The third kappa shape index (κ3) is 4.83. The number of hydrazine groups is 1. The van der Waals surface area contributed by atoms with Gasteiger partial charge in [-0.1, -0.05) is 78.9 Å². The average molecular weight is 348 g/mol. The first-order chi connectivity index (χ1) is 12.8. The third-order valence-electron chi connectivity index (χ3n) is 4.32. The van der Waals surface area contributed by atoms with E-state index in [-0.39, 0.29) is 18.2 Å². The fourth-order valence-electron chi connectivity index (χ4n) is 2.98. The van der Waals surface area contributed by atoms with Crippen molar-refractivity contribution in [1.82, 2.24) is 10.4 Å². The second-order valence-corrected chi connectivity index (χ2v) is 6.32. The lowest BCUT2D eigenvalue weighted by Crippen LogP contribution is -2.49. The zero-order valence-corrected chi connectivity index (χ0v) is 14.8. The summed E-state index contributed by atoms with van der Waals surface area (Å²) in [5.41, 5.74) is 5.61. The molecule has 1 aliphatic rings. The smallest absolute Gasteiger partial charge is 0.424 e. The van der Waals surface area contributed by atoms with Crippen LogP contribution in [0.25, 0.3) is 6.08 Å². The van der Waals surface area contributed by atoms with E-state index in [4.69, 9.17) is 4.74 Å². The Hall–Kier alpha value is -2.85. The molecule has 26 heavy (non-hydrogen) atoms. The van der Waals surface area contributed by atoms with Gasteiger partial charge in [0.15, 0.2) is 0 Å². The van der Waals surface area contributed by atoms with Gasteiger partial charge < -0.3 is 4.74 Å². The molecule has 1 fully saturated rings. The van der Waals surface area contributed by atoms with Gasteiger partial charge in [0.1, 0.15) is 6.61 Å². The molecule has 1 N–H and O–H groups in total. The van der Waals surface area contributed by atoms with Gasteiger partial charge in [-0.05, 0) is 24.0 Å². The highest BCUT2D eigenvalue weighted by Crippen LogP contribution is 2.16. The summed E-state index contributed by atoms with van der Waals surface area (Å²) < 4.78 is 5.27. The van der Waals surface area contributed by atoms with Crippen LogP contribution in [0.5, 0.6) is 0 Å². The molecular weight excluding hydrogens is 324 g/mol. The van der Waals surface area contributed by atoms with Crippen molar-refractivity contribution in [3.8, 4) is 0 Å². The number of benzene rings is 2. The summed E-state index contributed by atoms with van der Waals surface area (Å²) in [6, 6.07) is 20.2. The molecule has 3 rings (SSSR count). The standard InChI is InChI=1S/C22H24N2O2/c1-2-9-20(15-14-18-10-5-3-6-11-18)23-24-21(17-26-22(24)25)16-19-12-7-4-8-13-19/h2-8,10-15,20-21,23H,1,9,16-17H2/b15-14+/t20-,21-/m0/s1. The van der Waals surface area contributed by atoms with Crippen molar-refractivity contribution in [1.29, 1.82) is 0 Å². The summed E-state index contributed by atoms with van der Waals surface area (Å²) in [6.45, 7) is 4.22. The molecule has 0 bridgehead atoms. The molecule has 0 unspecified atom stereocenters. The number of hydrogen-bond donors (Lipinski definition) is 1. The number of amides is 1. The van der Waals surface area contributed by atoms with Gasteiger partial charge in [0.05, 0.1) is 6.04 Å². The fourth-order valence-corrected chi connectivity index (χ4v) is 2.98. The Balaban J connectivity index is 1.68. The molecule has 2 aromatic carbocycles. The van der Waals surface area contributed by atoms with Crippen LogP contribution < -0.4 is 5.43 Å². The van der Waals surface area contributed by atoms with Crippen LogP contribution in [0.4, 0.5) is 4.79 Å². The molecule has 0 saturated carbocycles. The van der Waals surface area contributed by atoms with Gasteiger partial charge in [-0.15, -0.1) is 6.58 Å². The van der Waals surface area contributed by atoms with E-state index < -0.39 is 0 Å². The van der Waals surface area contributed by atoms with Crippen LogP contribution >= 0.6 is 0 Å². The molecule has 0 aromatic heterocycles. The minimum Gasteiger partial charge on any atom is -0.446 e. The molecule has 0 spiro atoms. The van der Waals surface area contributed by atoms with Gasteiger partial charge in [-0.25, -0.2) is 15.2 Å². The topological polar surface area (TPSA) is 41.6 Å². The van der Waals surface area contributed by atoms with E-state index in [2.05, 4.69) is 36.3 Å². The first kappa shape index (κ1) is 18.0. The number of carbonyl (C=O) groups excluding carboxylic acids is 1. The third-order valence-corrected chi connectivity index (χ3v) is 4.32. The molecule has 4 heteroatoms. The van der Waals surface area contributed by atoms with E-state index in [0.717, 1.165) is 12.0 Å². The van der Waals surface area contributed by atoms with Crippen LogP contribution in [0.3, 0.4) is 0 Å². The maximum Gasteiger partial charge on any atom is 0.424 e. The average Bonchev–Trinajstić information content (AvgIpc) is 3.01. The minimum absolute atomic E-state index is 0.0256. The lowest BCUT2D eigenvalue weighted by atomic mass is 10.1. The van der Waals surface area contributed by atoms with Gasteiger partial charge in [0.25, 0.3) is 0 Å². The molecule has 1 amide bonds. The van der Waals surface area contributed by atoms with Crippen LogP contribution in [0.2, 0.25) is 0 Å². The number of nitrogens with one attached hydrogen (secondary N) is 1. The second kappa shape index (κ2) is 9.02. The number of carbonyl (C=O) groups is 1. The molecular formula is C22H24N2O2. The number of nitrogens with zero attached hydrogens (tertiary/aromatic N) is 1. The van der Waals surface area contributed by atoms with Gasteiger partial charge in [0.2, 0.25) is 0 Å². The summed E-state index contributed by atoms with van der Waals surface area (Å²) >= 11 is 0. The van der Waals surface area contributed by atoms with E-state index in [1.165, 1.54) is 5.56 Å². The maximum absolute atomic E-state index is 12.2. The summed E-state index contributed by atoms with van der Waals surface area (Å²) in [5.74, 6) is 0. The molecule has 0 radical (unpaired) electrons. The van der Waals surface area contributed by atoms with E-state index in [9.17, 15) is 4.79 Å². The van der Waals surface area contributed by atoms with Crippen molar-refractivity contribution >= 4 is 12.2 Å². The quantitative estimate of drug-likeness (QED) is 0.727. The Labute approximate surface area is 154 Å². The molecule has 1 aliphatic heterocycles. The molecule has 2 atom stereocenters. The van der Waals surface area contributed by atoms with Crippen molar-refractivity contribution in [3.05, 3.63) is 90.5 Å². The SMILES string of the molecule is C=CC[C@@H](/C=C/c1ccccc1)NN1C(=O)OC[C@@H]1Cc1ccccc1. The highest BCUT2D eigenvalue weighted by atomic mass is 16.6. The Morgan fingerprint density at radius 1 is 1.15 bits per heavy atom. The predicted molar refractivity (Wildman–Crippen MR) is 104 cm³/mol. The summed E-state index contributed by atoms with van der Waals surface area (Å²) in [4.78, 5) is 12.2. The Kier molecular flexibility index (Phi) is 6.23. The Morgan fingerprint density at radius 3 is 2.54 bits per heavy atom. The largest absolute Gasteiger partial charge is 0.446 e. The van der Waals surface area contributed by atoms with Crippen molar-refractivity contribution in [2.75, 3.05) is 6.61 Å². The monoisotopic (exact) mass is 348 g/mol. The van der Waals surface area contributed by atoms with E-state index in [0.29, 0.717) is 13.0 Å². The number of cyclic esters (lactones) is 1. The fraction of sp³-hybridized carbons (Fsp3) is 0.227. The number of hydrogen-bond acceptors (Lipinski definition) is 3. The van der Waals surface area contributed by atoms with E-state index in [1.807, 2.05) is 54.6 Å². The van der Waals surface area contributed by atoms with Crippen LogP contribution in [0, 0.1) is 0 Å². The summed E-state index contributed by atoms with van der Waals surface area (Å²) in [6.07, 6.45) is 7.10. The van der Waals surface area contributed by atoms with Crippen molar-refractivity contribution in [2.45, 2.75) is 24.9 Å². The molecule has 2 aromatic rings. The van der Waals surface area contributed by atoms with Crippen molar-refractivity contribution in [3.63, 3.8) is 0 Å².